The molecule has 2 N–H and O–H groups in total. The van der Waals surface area contributed by atoms with Crippen molar-refractivity contribution in [3.63, 3.8) is 0 Å². The molecule has 2 atom stereocenters. The quantitative estimate of drug-likeness (QED) is 0.666. The summed E-state index contributed by atoms with van der Waals surface area (Å²) in [7, 11) is 0. The average molecular weight is 263 g/mol. The van der Waals surface area contributed by atoms with Gasteiger partial charge in [-0.05, 0) is 49.3 Å². The van der Waals surface area contributed by atoms with Crippen molar-refractivity contribution in [3.8, 4) is 0 Å². The van der Waals surface area contributed by atoms with Crippen LogP contribution in [-0.4, -0.2) is 18.3 Å². The minimum absolute atomic E-state index is 0.301. The molecule has 0 aromatic heterocycles. The second kappa shape index (κ2) is 9.11. The summed E-state index contributed by atoms with van der Waals surface area (Å²) in [6.07, 6.45) is 4.44. The van der Waals surface area contributed by atoms with E-state index in [4.69, 9.17) is 5.11 Å². The predicted octanol–water partition coefficient (Wildman–Crippen LogP) is 3.70. The zero-order chi connectivity index (χ0) is 14.1. The molecule has 0 saturated heterocycles. The maximum Gasteiger partial charge on any atom is 0.0456 e. The molecule has 0 heterocycles. The van der Waals surface area contributed by atoms with E-state index in [2.05, 4.69) is 50.4 Å². The molecule has 0 aliphatic carbocycles. The van der Waals surface area contributed by atoms with Gasteiger partial charge in [0.15, 0.2) is 0 Å². The molecule has 2 nitrogen and oxygen atoms in total. The fourth-order valence-corrected chi connectivity index (χ4v) is 2.30. The summed E-state index contributed by atoms with van der Waals surface area (Å²) in [5, 5.41) is 12.6. The first kappa shape index (κ1) is 16.2. The second-order valence-electron chi connectivity index (χ2n) is 5.44. The molecule has 0 fully saturated rings. The van der Waals surface area contributed by atoms with Gasteiger partial charge in [-0.15, -0.1) is 0 Å². The van der Waals surface area contributed by atoms with E-state index in [1.165, 1.54) is 11.1 Å². The molecule has 2 heteroatoms. The maximum absolute atomic E-state index is 9.00. The highest BCUT2D eigenvalue weighted by Crippen LogP contribution is 2.17. The van der Waals surface area contributed by atoms with E-state index in [0.717, 1.165) is 32.2 Å². The highest BCUT2D eigenvalue weighted by molar-refractivity contribution is 5.24. The predicted molar refractivity (Wildman–Crippen MR) is 82.3 cm³/mol. The lowest BCUT2D eigenvalue weighted by Gasteiger charge is -2.18. The van der Waals surface area contributed by atoms with Crippen molar-refractivity contribution in [3.05, 3.63) is 35.4 Å². The summed E-state index contributed by atoms with van der Waals surface area (Å²) in [6.45, 7) is 7.84. The Balaban J connectivity index is 2.39. The van der Waals surface area contributed by atoms with E-state index in [0.29, 0.717) is 18.6 Å². The van der Waals surface area contributed by atoms with E-state index < -0.39 is 0 Å². The fraction of sp³-hybridized carbons (Fsp3) is 0.647. The lowest BCUT2D eigenvalue weighted by Crippen LogP contribution is -2.22. The third-order valence-corrected chi connectivity index (χ3v) is 3.77. The molecule has 1 aromatic carbocycles. The Kier molecular flexibility index (Phi) is 7.76. The molecule has 0 aliphatic heterocycles. The first-order chi connectivity index (χ1) is 9.21. The Morgan fingerprint density at radius 1 is 1.16 bits per heavy atom. The van der Waals surface area contributed by atoms with Crippen LogP contribution in [0.5, 0.6) is 0 Å². The van der Waals surface area contributed by atoms with Gasteiger partial charge >= 0.3 is 0 Å². The van der Waals surface area contributed by atoms with Crippen LogP contribution >= 0.6 is 0 Å². The summed E-state index contributed by atoms with van der Waals surface area (Å²) >= 11 is 0. The van der Waals surface area contributed by atoms with Crippen molar-refractivity contribution in [2.24, 2.45) is 5.92 Å². The zero-order valence-electron chi connectivity index (χ0n) is 12.7. The van der Waals surface area contributed by atoms with Crippen molar-refractivity contribution < 1.29 is 5.11 Å². The number of hydrogen-bond acceptors (Lipinski definition) is 2. The third kappa shape index (κ3) is 5.75. The molecule has 1 rings (SSSR count). The van der Waals surface area contributed by atoms with Crippen LogP contribution in [-0.2, 0) is 6.42 Å². The number of aliphatic hydroxyl groups excluding tert-OH is 1. The largest absolute Gasteiger partial charge is 0.396 e. The van der Waals surface area contributed by atoms with E-state index >= 15 is 0 Å². The van der Waals surface area contributed by atoms with Gasteiger partial charge in [0.25, 0.3) is 0 Å². The van der Waals surface area contributed by atoms with Gasteiger partial charge in [-0.25, -0.2) is 0 Å². The first-order valence-electron chi connectivity index (χ1n) is 7.64. The lowest BCUT2D eigenvalue weighted by atomic mass is 10.0. The Morgan fingerprint density at radius 2 is 1.84 bits per heavy atom. The maximum atomic E-state index is 9.00. The molecule has 0 saturated carbocycles. The molecule has 19 heavy (non-hydrogen) atoms. The van der Waals surface area contributed by atoms with E-state index in [-0.39, 0.29) is 0 Å². The summed E-state index contributed by atoms with van der Waals surface area (Å²) < 4.78 is 0. The Hall–Kier alpha value is -0.860. The SMILES string of the molecule is CCc1ccc(C(CC)NCCCC(C)CO)cc1. The van der Waals surface area contributed by atoms with Crippen molar-refractivity contribution >= 4 is 0 Å². The normalized spacial score (nSPS) is 14.3. The van der Waals surface area contributed by atoms with Crippen LogP contribution in [0, 0.1) is 5.92 Å². The van der Waals surface area contributed by atoms with Crippen LogP contribution in [0.15, 0.2) is 24.3 Å². The highest BCUT2D eigenvalue weighted by atomic mass is 16.3. The smallest absolute Gasteiger partial charge is 0.0456 e. The first-order valence-corrected chi connectivity index (χ1v) is 7.64. The standard InChI is InChI=1S/C17H29NO/c1-4-15-8-10-16(11-9-15)17(5-2)18-12-6-7-14(3)13-19/h8-11,14,17-19H,4-7,12-13H2,1-3H3. The van der Waals surface area contributed by atoms with Crippen LogP contribution in [0.3, 0.4) is 0 Å². The van der Waals surface area contributed by atoms with Crippen molar-refractivity contribution in [1.29, 1.82) is 0 Å². The molecule has 0 radical (unpaired) electrons. The van der Waals surface area contributed by atoms with Gasteiger partial charge in [-0.2, -0.15) is 0 Å². The Labute approximate surface area is 118 Å². The topological polar surface area (TPSA) is 32.3 Å². The van der Waals surface area contributed by atoms with Crippen LogP contribution in [0.4, 0.5) is 0 Å². The molecule has 0 spiro atoms. The van der Waals surface area contributed by atoms with Gasteiger partial charge in [0.05, 0.1) is 0 Å². The van der Waals surface area contributed by atoms with Crippen LogP contribution in [0.25, 0.3) is 0 Å². The molecule has 1 aromatic rings. The van der Waals surface area contributed by atoms with Crippen molar-refractivity contribution in [2.45, 2.75) is 52.5 Å². The summed E-state index contributed by atoms with van der Waals surface area (Å²) in [5.74, 6) is 0.422. The molecule has 0 aliphatic rings. The molecule has 0 bridgehead atoms. The molecular formula is C17H29NO. The molecule has 2 unspecified atom stereocenters. The van der Waals surface area contributed by atoms with Gasteiger partial charge in [0.2, 0.25) is 0 Å². The summed E-state index contributed by atoms with van der Waals surface area (Å²) in [6, 6.07) is 9.41. The number of rotatable bonds is 9. The monoisotopic (exact) mass is 263 g/mol. The third-order valence-electron chi connectivity index (χ3n) is 3.77. The average Bonchev–Trinajstić information content (AvgIpc) is 2.47. The summed E-state index contributed by atoms with van der Waals surface area (Å²) in [4.78, 5) is 0. The highest BCUT2D eigenvalue weighted by Gasteiger charge is 2.08. The molecule has 0 amide bonds. The van der Waals surface area contributed by atoms with E-state index in [1.807, 2.05) is 0 Å². The number of hydrogen-bond donors (Lipinski definition) is 2. The summed E-state index contributed by atoms with van der Waals surface area (Å²) in [5.41, 5.74) is 2.78. The minimum Gasteiger partial charge on any atom is -0.396 e. The Morgan fingerprint density at radius 3 is 2.37 bits per heavy atom. The Bertz CT molecular complexity index is 334. The van der Waals surface area contributed by atoms with E-state index in [1.54, 1.807) is 0 Å². The fourth-order valence-electron chi connectivity index (χ4n) is 2.30. The van der Waals surface area contributed by atoms with Gasteiger partial charge < -0.3 is 10.4 Å². The van der Waals surface area contributed by atoms with Gasteiger partial charge in [0, 0.05) is 12.6 Å². The second-order valence-corrected chi connectivity index (χ2v) is 5.44. The van der Waals surface area contributed by atoms with E-state index in [9.17, 15) is 0 Å². The van der Waals surface area contributed by atoms with Crippen molar-refractivity contribution in [2.75, 3.05) is 13.2 Å². The molecular weight excluding hydrogens is 234 g/mol. The van der Waals surface area contributed by atoms with Gasteiger partial charge in [0.1, 0.15) is 0 Å². The number of benzene rings is 1. The van der Waals surface area contributed by atoms with Crippen molar-refractivity contribution in [1.82, 2.24) is 5.32 Å². The van der Waals surface area contributed by atoms with Crippen LogP contribution in [0.1, 0.15) is 57.2 Å². The lowest BCUT2D eigenvalue weighted by molar-refractivity contribution is 0.227. The molecule has 108 valence electrons. The zero-order valence-corrected chi connectivity index (χ0v) is 12.7. The van der Waals surface area contributed by atoms with Gasteiger partial charge in [-0.3, -0.25) is 0 Å². The van der Waals surface area contributed by atoms with Crippen LogP contribution < -0.4 is 5.32 Å². The minimum atomic E-state index is 0.301. The van der Waals surface area contributed by atoms with Crippen LogP contribution in [0.2, 0.25) is 0 Å². The van der Waals surface area contributed by atoms with Gasteiger partial charge in [-0.1, -0.05) is 45.0 Å². The number of nitrogens with one attached hydrogen (secondary N) is 1. The number of aliphatic hydroxyl groups is 1. The number of aryl methyl sites for hydroxylation is 1.